The average molecular weight is 305 g/mol. The number of nitrogen functional groups attached to an aromatic ring is 1. The predicted octanol–water partition coefficient (Wildman–Crippen LogP) is 0.804. The highest BCUT2D eigenvalue weighted by molar-refractivity contribution is 7.90. The molecule has 0 radical (unpaired) electrons. The Kier molecular flexibility index (Phi) is 2.98. The molecule has 0 aliphatic heterocycles. The van der Waals surface area contributed by atoms with Crippen molar-refractivity contribution in [3.8, 4) is 0 Å². The fourth-order valence-corrected chi connectivity index (χ4v) is 2.85. The van der Waals surface area contributed by atoms with Crippen LogP contribution in [0.5, 0.6) is 0 Å². The minimum atomic E-state index is -3.24. The summed E-state index contributed by atoms with van der Waals surface area (Å²) < 4.78 is 26.8. The smallest absolute Gasteiger partial charge is 0.175 e. The van der Waals surface area contributed by atoms with Crippen molar-refractivity contribution in [3.05, 3.63) is 36.4 Å². The zero-order chi connectivity index (χ0) is 15.2. The summed E-state index contributed by atoms with van der Waals surface area (Å²) in [5, 5.41) is 4.12. The van der Waals surface area contributed by atoms with Gasteiger partial charge >= 0.3 is 0 Å². The summed E-state index contributed by atoms with van der Waals surface area (Å²) in [6.07, 6.45) is 4.48. The van der Waals surface area contributed by atoms with Crippen molar-refractivity contribution in [2.45, 2.75) is 11.4 Å². The molecule has 2 N–H and O–H groups in total. The van der Waals surface area contributed by atoms with Crippen LogP contribution in [0.1, 0.15) is 5.82 Å². The molecule has 0 aliphatic rings. The second kappa shape index (κ2) is 4.59. The van der Waals surface area contributed by atoms with E-state index in [-0.39, 0.29) is 4.90 Å². The molecule has 110 valence electrons. The van der Waals surface area contributed by atoms with Gasteiger partial charge in [-0.2, -0.15) is 5.10 Å². The highest BCUT2D eigenvalue weighted by Gasteiger charge is 2.13. The average Bonchev–Trinajstić information content (AvgIpc) is 2.94. The van der Waals surface area contributed by atoms with Crippen molar-refractivity contribution in [1.82, 2.24) is 19.3 Å². The molecule has 7 nitrogen and oxygen atoms in total. The molecule has 21 heavy (non-hydrogen) atoms. The van der Waals surface area contributed by atoms with Gasteiger partial charge in [0.25, 0.3) is 0 Å². The summed E-state index contributed by atoms with van der Waals surface area (Å²) in [6, 6.07) is 4.94. The largest absolute Gasteiger partial charge is 0.396 e. The van der Waals surface area contributed by atoms with Gasteiger partial charge in [0.1, 0.15) is 5.82 Å². The summed E-state index contributed by atoms with van der Waals surface area (Å²) in [7, 11) is -1.35. The zero-order valence-corrected chi connectivity index (χ0v) is 12.5. The maximum Gasteiger partial charge on any atom is 0.175 e. The molecule has 3 aromatic rings. The standard InChI is InChI=1S/C13H15N5O2S/c1-17-12-4-3-10(21(2,19)20)5-11(12)16-13(17)8-18-7-9(14)6-15-18/h3-7H,8,14H2,1-2H3. The van der Waals surface area contributed by atoms with Crippen LogP contribution >= 0.6 is 0 Å². The van der Waals surface area contributed by atoms with Gasteiger partial charge in [0.05, 0.1) is 34.4 Å². The third-order valence-electron chi connectivity index (χ3n) is 3.33. The normalized spacial score (nSPS) is 12.1. The maximum atomic E-state index is 11.6. The van der Waals surface area contributed by atoms with E-state index >= 15 is 0 Å². The van der Waals surface area contributed by atoms with Crippen LogP contribution in [-0.4, -0.2) is 34.0 Å². The molecule has 1 aromatic carbocycles. The molecule has 0 aliphatic carbocycles. The minimum Gasteiger partial charge on any atom is -0.396 e. The molecule has 0 saturated carbocycles. The predicted molar refractivity (Wildman–Crippen MR) is 79.6 cm³/mol. The van der Waals surface area contributed by atoms with E-state index in [4.69, 9.17) is 5.73 Å². The molecular weight excluding hydrogens is 290 g/mol. The first-order valence-electron chi connectivity index (χ1n) is 6.28. The molecule has 0 fully saturated rings. The first-order chi connectivity index (χ1) is 9.84. The molecule has 2 heterocycles. The van der Waals surface area contributed by atoms with E-state index in [1.165, 1.54) is 6.26 Å². The van der Waals surface area contributed by atoms with Crippen LogP contribution in [0.2, 0.25) is 0 Å². The third-order valence-corrected chi connectivity index (χ3v) is 4.44. The maximum absolute atomic E-state index is 11.6. The number of imidazole rings is 1. The van der Waals surface area contributed by atoms with Crippen LogP contribution < -0.4 is 5.73 Å². The van der Waals surface area contributed by atoms with E-state index in [1.807, 2.05) is 11.6 Å². The highest BCUT2D eigenvalue weighted by atomic mass is 32.2. The fourth-order valence-electron chi connectivity index (χ4n) is 2.21. The molecule has 0 atom stereocenters. The van der Waals surface area contributed by atoms with Crippen LogP contribution in [-0.2, 0) is 23.4 Å². The number of sulfone groups is 1. The monoisotopic (exact) mass is 305 g/mol. The lowest BCUT2D eigenvalue weighted by Gasteiger charge is -2.02. The van der Waals surface area contributed by atoms with Crippen LogP contribution in [0.3, 0.4) is 0 Å². The van der Waals surface area contributed by atoms with Crippen molar-refractivity contribution in [1.29, 1.82) is 0 Å². The quantitative estimate of drug-likeness (QED) is 0.772. The van der Waals surface area contributed by atoms with Gasteiger partial charge in [-0.3, -0.25) is 4.68 Å². The highest BCUT2D eigenvalue weighted by Crippen LogP contribution is 2.20. The third kappa shape index (κ3) is 2.49. The summed E-state index contributed by atoms with van der Waals surface area (Å²) in [5.74, 6) is 0.777. The molecule has 8 heteroatoms. The van der Waals surface area contributed by atoms with Crippen LogP contribution in [0.4, 0.5) is 5.69 Å². The number of hydrogen-bond acceptors (Lipinski definition) is 5. The fraction of sp³-hybridized carbons (Fsp3) is 0.231. The van der Waals surface area contributed by atoms with Crippen molar-refractivity contribution in [3.63, 3.8) is 0 Å². The van der Waals surface area contributed by atoms with Gasteiger partial charge in [-0.15, -0.1) is 0 Å². The summed E-state index contributed by atoms with van der Waals surface area (Å²) in [4.78, 5) is 4.75. The number of nitrogens with two attached hydrogens (primary N) is 1. The Bertz CT molecular complexity index is 923. The zero-order valence-electron chi connectivity index (χ0n) is 11.7. The Morgan fingerprint density at radius 2 is 2.10 bits per heavy atom. The van der Waals surface area contributed by atoms with E-state index in [1.54, 1.807) is 35.3 Å². The Balaban J connectivity index is 2.06. The van der Waals surface area contributed by atoms with Crippen molar-refractivity contribution in [2.75, 3.05) is 12.0 Å². The number of aryl methyl sites for hydroxylation is 1. The summed E-state index contributed by atoms with van der Waals surface area (Å²) in [5.41, 5.74) is 7.75. The number of benzene rings is 1. The van der Waals surface area contributed by atoms with Gasteiger partial charge in [-0.05, 0) is 18.2 Å². The molecule has 0 unspecified atom stereocenters. The molecular formula is C13H15N5O2S. The lowest BCUT2D eigenvalue weighted by Crippen LogP contribution is -2.06. The van der Waals surface area contributed by atoms with E-state index in [0.29, 0.717) is 17.7 Å². The lowest BCUT2D eigenvalue weighted by atomic mass is 10.3. The first-order valence-corrected chi connectivity index (χ1v) is 8.17. The van der Waals surface area contributed by atoms with E-state index in [9.17, 15) is 8.42 Å². The Labute approximate surface area is 121 Å². The molecule has 3 rings (SSSR count). The molecule has 2 aromatic heterocycles. The van der Waals surface area contributed by atoms with Crippen molar-refractivity contribution < 1.29 is 8.42 Å². The summed E-state index contributed by atoms with van der Waals surface area (Å²) in [6.45, 7) is 0.469. The summed E-state index contributed by atoms with van der Waals surface area (Å²) >= 11 is 0. The first kappa shape index (κ1) is 13.6. The molecule has 0 amide bonds. The van der Waals surface area contributed by atoms with Crippen molar-refractivity contribution >= 4 is 26.6 Å². The number of anilines is 1. The minimum absolute atomic E-state index is 0.267. The second-order valence-electron chi connectivity index (χ2n) is 4.98. The number of hydrogen-bond donors (Lipinski definition) is 1. The Morgan fingerprint density at radius 1 is 1.33 bits per heavy atom. The lowest BCUT2D eigenvalue weighted by molar-refractivity contribution is 0.602. The van der Waals surface area contributed by atoms with Crippen LogP contribution in [0.25, 0.3) is 11.0 Å². The van der Waals surface area contributed by atoms with Gasteiger partial charge in [0, 0.05) is 19.5 Å². The van der Waals surface area contributed by atoms with Crippen LogP contribution in [0.15, 0.2) is 35.5 Å². The van der Waals surface area contributed by atoms with E-state index in [0.717, 1.165) is 11.3 Å². The number of nitrogens with zero attached hydrogens (tertiary/aromatic N) is 4. The Hall–Kier alpha value is -2.35. The number of fused-ring (bicyclic) bond motifs is 1. The van der Waals surface area contributed by atoms with E-state index in [2.05, 4.69) is 10.1 Å². The van der Waals surface area contributed by atoms with E-state index < -0.39 is 9.84 Å². The van der Waals surface area contributed by atoms with Gasteiger partial charge in [0.15, 0.2) is 9.84 Å². The molecule has 0 saturated heterocycles. The van der Waals surface area contributed by atoms with Crippen LogP contribution in [0, 0.1) is 0 Å². The van der Waals surface area contributed by atoms with Crippen molar-refractivity contribution in [2.24, 2.45) is 7.05 Å². The van der Waals surface area contributed by atoms with Gasteiger partial charge in [-0.25, -0.2) is 13.4 Å². The number of rotatable bonds is 3. The second-order valence-corrected chi connectivity index (χ2v) is 7.00. The van der Waals surface area contributed by atoms with Gasteiger partial charge < -0.3 is 10.3 Å². The molecule has 0 spiro atoms. The van der Waals surface area contributed by atoms with Gasteiger partial charge in [0.2, 0.25) is 0 Å². The SMILES string of the molecule is Cn1c(Cn2cc(N)cn2)nc2cc(S(C)(=O)=O)ccc21. The molecule has 0 bridgehead atoms. The Morgan fingerprint density at radius 3 is 2.71 bits per heavy atom. The topological polar surface area (TPSA) is 95.8 Å². The van der Waals surface area contributed by atoms with Gasteiger partial charge in [-0.1, -0.05) is 0 Å². The number of aromatic nitrogens is 4.